The molecule has 0 spiro atoms. The van der Waals surface area contributed by atoms with E-state index in [1.165, 1.54) is 0 Å². The van der Waals surface area contributed by atoms with Crippen LogP contribution in [-0.2, 0) is 10.0 Å². The summed E-state index contributed by atoms with van der Waals surface area (Å²) < 4.78 is 51.2. The van der Waals surface area contributed by atoms with Gasteiger partial charge in [-0.2, -0.15) is 0 Å². The summed E-state index contributed by atoms with van der Waals surface area (Å²) in [4.78, 5) is 12.1. The second-order valence-corrected chi connectivity index (χ2v) is 7.10. The van der Waals surface area contributed by atoms with Crippen molar-refractivity contribution in [3.05, 3.63) is 65.2 Å². The van der Waals surface area contributed by atoms with Crippen LogP contribution in [-0.4, -0.2) is 20.6 Å². The number of rotatable bonds is 5. The lowest BCUT2D eigenvalue weighted by molar-refractivity contribution is 0.0939. The van der Waals surface area contributed by atoms with Crippen molar-refractivity contribution in [3.63, 3.8) is 0 Å². The van der Waals surface area contributed by atoms with Crippen LogP contribution in [0.3, 0.4) is 0 Å². The lowest BCUT2D eigenvalue weighted by Crippen LogP contribution is -2.27. The monoisotopic (exact) mass is 354 g/mol. The molecular weight excluding hydrogens is 338 g/mol. The number of anilines is 1. The molecule has 128 valence electrons. The highest BCUT2D eigenvalue weighted by molar-refractivity contribution is 7.92. The number of amides is 1. The summed E-state index contributed by atoms with van der Waals surface area (Å²) in [5.41, 5.74) is 0.853. The third-order valence-corrected chi connectivity index (χ3v) is 3.77. The first-order chi connectivity index (χ1) is 11.1. The number of nitrogens with one attached hydrogen (secondary N) is 2. The molecule has 0 fully saturated rings. The summed E-state index contributed by atoms with van der Waals surface area (Å²) in [6, 6.07) is 8.53. The molecule has 2 rings (SSSR count). The van der Waals surface area contributed by atoms with Gasteiger partial charge in [-0.1, -0.05) is 12.1 Å². The van der Waals surface area contributed by atoms with Gasteiger partial charge in [-0.05, 0) is 36.8 Å². The van der Waals surface area contributed by atoms with Crippen LogP contribution >= 0.6 is 0 Å². The number of halogens is 2. The third kappa shape index (κ3) is 5.02. The van der Waals surface area contributed by atoms with E-state index in [2.05, 4.69) is 10.0 Å². The van der Waals surface area contributed by atoms with Gasteiger partial charge in [-0.25, -0.2) is 17.2 Å². The predicted octanol–water partition coefficient (Wildman–Crippen LogP) is 2.83. The maximum atomic E-state index is 13.2. The maximum absolute atomic E-state index is 13.2. The summed E-state index contributed by atoms with van der Waals surface area (Å²) in [5.74, 6) is -2.32. The van der Waals surface area contributed by atoms with Gasteiger partial charge < -0.3 is 5.32 Å². The van der Waals surface area contributed by atoms with Crippen molar-refractivity contribution in [3.8, 4) is 0 Å². The summed E-state index contributed by atoms with van der Waals surface area (Å²) in [6.45, 7) is 1.67. The normalized spacial score (nSPS) is 12.5. The average molecular weight is 354 g/mol. The summed E-state index contributed by atoms with van der Waals surface area (Å²) in [5, 5.41) is 2.61. The van der Waals surface area contributed by atoms with Gasteiger partial charge in [0, 0.05) is 17.3 Å². The minimum Gasteiger partial charge on any atom is -0.346 e. The second kappa shape index (κ2) is 6.96. The molecule has 0 bridgehead atoms. The van der Waals surface area contributed by atoms with Gasteiger partial charge in [-0.15, -0.1) is 0 Å². The zero-order valence-corrected chi connectivity index (χ0v) is 13.8. The predicted molar refractivity (Wildman–Crippen MR) is 87.1 cm³/mol. The van der Waals surface area contributed by atoms with E-state index >= 15 is 0 Å². The molecule has 5 nitrogen and oxygen atoms in total. The molecular formula is C16H16F2N2O3S. The van der Waals surface area contributed by atoms with Crippen molar-refractivity contribution in [1.82, 2.24) is 5.32 Å². The standard InChI is InChI=1S/C16H16F2N2O3S/c1-10(11-4-3-5-15(8-11)20-24(2,22)23)19-16(21)12-6-13(17)9-14(18)7-12/h3-10,20H,1-2H3,(H,19,21)/t10-/m0/s1. The van der Waals surface area contributed by atoms with E-state index in [0.717, 1.165) is 18.4 Å². The Balaban J connectivity index is 2.15. The van der Waals surface area contributed by atoms with E-state index in [0.29, 0.717) is 17.3 Å². The van der Waals surface area contributed by atoms with Crippen LogP contribution in [0.1, 0.15) is 28.9 Å². The molecule has 2 aromatic carbocycles. The molecule has 0 aliphatic heterocycles. The number of hydrogen-bond donors (Lipinski definition) is 2. The topological polar surface area (TPSA) is 75.3 Å². The van der Waals surface area contributed by atoms with Crippen LogP contribution < -0.4 is 10.0 Å². The fraction of sp³-hybridized carbons (Fsp3) is 0.188. The summed E-state index contributed by atoms with van der Waals surface area (Å²) >= 11 is 0. The molecule has 0 saturated carbocycles. The minimum absolute atomic E-state index is 0.134. The van der Waals surface area contributed by atoms with Crippen molar-refractivity contribution in [2.75, 3.05) is 11.0 Å². The smallest absolute Gasteiger partial charge is 0.251 e. The fourth-order valence-corrected chi connectivity index (χ4v) is 2.69. The Morgan fingerprint density at radius 1 is 1.08 bits per heavy atom. The van der Waals surface area contributed by atoms with Crippen LogP contribution in [0.5, 0.6) is 0 Å². The van der Waals surface area contributed by atoms with E-state index in [1.54, 1.807) is 31.2 Å². The second-order valence-electron chi connectivity index (χ2n) is 5.35. The van der Waals surface area contributed by atoms with Gasteiger partial charge in [0.25, 0.3) is 5.91 Å². The zero-order chi connectivity index (χ0) is 17.9. The zero-order valence-electron chi connectivity index (χ0n) is 13.0. The molecule has 0 aromatic heterocycles. The molecule has 1 atom stereocenters. The SMILES string of the molecule is C[C@H](NC(=O)c1cc(F)cc(F)c1)c1cccc(NS(C)(=O)=O)c1. The van der Waals surface area contributed by atoms with Crippen molar-refractivity contribution in [1.29, 1.82) is 0 Å². The Morgan fingerprint density at radius 3 is 2.29 bits per heavy atom. The van der Waals surface area contributed by atoms with E-state index in [-0.39, 0.29) is 5.56 Å². The van der Waals surface area contributed by atoms with Crippen molar-refractivity contribution >= 4 is 21.6 Å². The average Bonchev–Trinajstić information content (AvgIpc) is 2.44. The van der Waals surface area contributed by atoms with Crippen LogP contribution in [0.4, 0.5) is 14.5 Å². The molecule has 2 aromatic rings. The largest absolute Gasteiger partial charge is 0.346 e. The fourth-order valence-electron chi connectivity index (χ4n) is 2.13. The first-order valence-corrected chi connectivity index (χ1v) is 8.88. The summed E-state index contributed by atoms with van der Waals surface area (Å²) in [7, 11) is -3.42. The van der Waals surface area contributed by atoms with Crippen LogP contribution in [0.15, 0.2) is 42.5 Å². The Hall–Kier alpha value is -2.48. The first-order valence-electron chi connectivity index (χ1n) is 6.99. The quantitative estimate of drug-likeness (QED) is 0.867. The maximum Gasteiger partial charge on any atom is 0.251 e. The number of sulfonamides is 1. The van der Waals surface area contributed by atoms with Crippen LogP contribution in [0, 0.1) is 11.6 Å². The summed E-state index contributed by atoms with van der Waals surface area (Å²) in [6.07, 6.45) is 1.03. The highest BCUT2D eigenvalue weighted by Gasteiger charge is 2.14. The molecule has 0 heterocycles. The number of carbonyl (C=O) groups excluding carboxylic acids is 1. The molecule has 2 N–H and O–H groups in total. The highest BCUT2D eigenvalue weighted by Crippen LogP contribution is 2.19. The van der Waals surface area contributed by atoms with Crippen LogP contribution in [0.25, 0.3) is 0 Å². The Morgan fingerprint density at radius 2 is 1.71 bits per heavy atom. The molecule has 1 amide bonds. The van der Waals surface area contributed by atoms with Crippen molar-refractivity contribution in [2.24, 2.45) is 0 Å². The Bertz CT molecular complexity index is 849. The molecule has 0 saturated heterocycles. The molecule has 0 radical (unpaired) electrons. The molecule has 8 heteroatoms. The van der Waals surface area contributed by atoms with Gasteiger partial charge in [0.2, 0.25) is 10.0 Å². The van der Waals surface area contributed by atoms with E-state index in [9.17, 15) is 22.0 Å². The van der Waals surface area contributed by atoms with Gasteiger partial charge >= 0.3 is 0 Å². The lowest BCUT2D eigenvalue weighted by Gasteiger charge is -2.16. The number of benzene rings is 2. The van der Waals surface area contributed by atoms with E-state index < -0.39 is 33.6 Å². The van der Waals surface area contributed by atoms with Crippen LogP contribution in [0.2, 0.25) is 0 Å². The van der Waals surface area contributed by atoms with Gasteiger partial charge in [-0.3, -0.25) is 9.52 Å². The first kappa shape index (κ1) is 17.9. The number of carbonyl (C=O) groups is 1. The minimum atomic E-state index is -3.42. The van der Waals surface area contributed by atoms with Gasteiger partial charge in [0.1, 0.15) is 11.6 Å². The lowest BCUT2D eigenvalue weighted by atomic mass is 10.1. The van der Waals surface area contributed by atoms with Crippen molar-refractivity contribution in [2.45, 2.75) is 13.0 Å². The van der Waals surface area contributed by atoms with E-state index in [4.69, 9.17) is 0 Å². The molecule has 0 aliphatic rings. The van der Waals surface area contributed by atoms with Crippen molar-refractivity contribution < 1.29 is 22.0 Å². The van der Waals surface area contributed by atoms with Gasteiger partial charge in [0.15, 0.2) is 0 Å². The highest BCUT2D eigenvalue weighted by atomic mass is 32.2. The molecule has 0 unspecified atom stereocenters. The van der Waals surface area contributed by atoms with E-state index in [1.807, 2.05) is 0 Å². The Kier molecular flexibility index (Phi) is 5.18. The molecule has 24 heavy (non-hydrogen) atoms. The Labute approximate surface area is 138 Å². The van der Waals surface area contributed by atoms with Gasteiger partial charge in [0.05, 0.1) is 12.3 Å². The molecule has 0 aliphatic carbocycles. The third-order valence-electron chi connectivity index (χ3n) is 3.16. The number of hydrogen-bond acceptors (Lipinski definition) is 3.